The highest BCUT2D eigenvalue weighted by molar-refractivity contribution is 9.10. The van der Waals surface area contributed by atoms with Crippen LogP contribution in [-0.2, 0) is 30.5 Å². The summed E-state index contributed by atoms with van der Waals surface area (Å²) in [5, 5.41) is 5.34. The van der Waals surface area contributed by atoms with Crippen molar-refractivity contribution in [3.05, 3.63) is 98.5 Å². The fourth-order valence-corrected chi connectivity index (χ4v) is 4.39. The molecule has 0 atom stereocenters. The smallest absolute Gasteiger partial charge is 0.340 e. The summed E-state index contributed by atoms with van der Waals surface area (Å²) < 4.78 is 11.4. The third-order valence-corrected chi connectivity index (χ3v) is 6.27. The summed E-state index contributed by atoms with van der Waals surface area (Å²) in [6, 6.07) is 16.7. The van der Waals surface area contributed by atoms with Gasteiger partial charge in [0.05, 0.1) is 30.5 Å². The van der Waals surface area contributed by atoms with Gasteiger partial charge in [-0.3, -0.25) is 19.3 Å². The number of hydrogen-bond donors (Lipinski definition) is 2. The van der Waals surface area contributed by atoms with E-state index < -0.39 is 23.7 Å². The van der Waals surface area contributed by atoms with Gasteiger partial charge in [-0.15, -0.1) is 0 Å². The molecule has 1 aliphatic heterocycles. The number of nitrogens with zero attached hydrogens (tertiary/aromatic N) is 1. The Hall–Kier alpha value is -4.15. The first kappa shape index (κ1) is 26.9. The molecule has 194 valence electrons. The molecule has 0 bridgehead atoms. The average Bonchev–Trinajstić information content (AvgIpc) is 3.43. The molecule has 2 aromatic carbocycles. The number of benzene rings is 2. The van der Waals surface area contributed by atoms with Crippen LogP contribution in [0.1, 0.15) is 18.4 Å². The van der Waals surface area contributed by atoms with Gasteiger partial charge in [0.2, 0.25) is 0 Å². The molecule has 2 N–H and O–H groups in total. The van der Waals surface area contributed by atoms with Crippen molar-refractivity contribution in [2.24, 2.45) is 0 Å². The highest BCUT2D eigenvalue weighted by atomic mass is 79.9. The van der Waals surface area contributed by atoms with Crippen LogP contribution in [0.4, 0.5) is 11.4 Å². The Labute approximate surface area is 231 Å². The number of carbonyl (C=O) groups is 4. The second kappa shape index (κ2) is 11.5. The van der Waals surface area contributed by atoms with Gasteiger partial charge in [0.15, 0.2) is 0 Å². The number of anilines is 2. The maximum absolute atomic E-state index is 13.4. The molecule has 11 heteroatoms. The lowest BCUT2D eigenvalue weighted by Gasteiger charge is -2.18. The van der Waals surface area contributed by atoms with Crippen molar-refractivity contribution in [3.63, 3.8) is 0 Å². The Morgan fingerprint density at radius 1 is 1.08 bits per heavy atom. The summed E-state index contributed by atoms with van der Waals surface area (Å²) in [7, 11) is 1.24. The van der Waals surface area contributed by atoms with Gasteiger partial charge in [-0.1, -0.05) is 39.7 Å². The number of nitrogens with one attached hydrogen (secondary N) is 2. The van der Waals surface area contributed by atoms with Gasteiger partial charge in [-0.25, -0.2) is 4.79 Å². The van der Waals surface area contributed by atoms with Crippen molar-refractivity contribution in [2.75, 3.05) is 17.3 Å². The molecule has 2 heterocycles. The molecule has 0 saturated carbocycles. The van der Waals surface area contributed by atoms with Crippen molar-refractivity contribution >= 4 is 68.7 Å². The van der Waals surface area contributed by atoms with Gasteiger partial charge in [0.25, 0.3) is 5.91 Å². The molecule has 3 amide bonds. The Morgan fingerprint density at radius 3 is 2.55 bits per heavy atom. The van der Waals surface area contributed by atoms with Crippen LogP contribution in [0.2, 0.25) is 5.02 Å². The molecule has 0 saturated heterocycles. The fraction of sp³-hybridized carbons (Fsp3) is 0.111. The second-order valence-corrected chi connectivity index (χ2v) is 9.43. The number of esters is 1. The summed E-state index contributed by atoms with van der Waals surface area (Å²) in [5.41, 5.74) is 1.58. The first-order chi connectivity index (χ1) is 18.2. The number of carbonyl (C=O) groups excluding carboxylic acids is 4. The normalized spacial score (nSPS) is 14.2. The monoisotopic (exact) mass is 597 g/mol. The molecule has 1 aliphatic rings. The Balaban J connectivity index is 1.49. The van der Waals surface area contributed by atoms with E-state index in [0.717, 1.165) is 4.47 Å². The third-order valence-electron chi connectivity index (χ3n) is 5.54. The molecule has 0 aliphatic carbocycles. The van der Waals surface area contributed by atoms with Crippen LogP contribution < -0.4 is 15.5 Å². The lowest BCUT2D eigenvalue weighted by Crippen LogP contribution is -2.34. The van der Waals surface area contributed by atoms with Gasteiger partial charge in [-0.05, 0) is 61.5 Å². The van der Waals surface area contributed by atoms with Gasteiger partial charge >= 0.3 is 17.8 Å². The van der Waals surface area contributed by atoms with E-state index in [-0.39, 0.29) is 23.5 Å². The van der Waals surface area contributed by atoms with E-state index in [1.807, 2.05) is 6.07 Å². The Kier molecular flexibility index (Phi) is 8.13. The average molecular weight is 599 g/mol. The van der Waals surface area contributed by atoms with E-state index in [1.54, 1.807) is 55.5 Å². The number of halogens is 2. The number of methoxy groups -OCH3 is 1. The van der Waals surface area contributed by atoms with Crippen LogP contribution in [0.25, 0.3) is 6.08 Å². The van der Waals surface area contributed by atoms with Gasteiger partial charge in [-0.2, -0.15) is 0 Å². The minimum Gasteiger partial charge on any atom is -0.465 e. The molecular formula is C27H21BrClN3O6. The van der Waals surface area contributed by atoms with Crippen molar-refractivity contribution < 1.29 is 28.3 Å². The first-order valence-corrected chi connectivity index (χ1v) is 12.4. The molecule has 0 unspecified atom stereocenters. The summed E-state index contributed by atoms with van der Waals surface area (Å²) in [4.78, 5) is 51.7. The number of ether oxygens (including phenoxy) is 1. The van der Waals surface area contributed by atoms with Crippen LogP contribution in [0.5, 0.6) is 0 Å². The number of rotatable bonds is 6. The van der Waals surface area contributed by atoms with E-state index in [2.05, 4.69) is 26.6 Å². The highest BCUT2D eigenvalue weighted by Crippen LogP contribution is 2.36. The van der Waals surface area contributed by atoms with Crippen LogP contribution in [0, 0.1) is 0 Å². The molecule has 0 fully saturated rings. The molecule has 38 heavy (non-hydrogen) atoms. The van der Waals surface area contributed by atoms with Crippen molar-refractivity contribution in [1.82, 2.24) is 5.32 Å². The molecule has 4 rings (SSSR count). The topological polar surface area (TPSA) is 118 Å². The molecule has 9 nitrogen and oxygen atoms in total. The van der Waals surface area contributed by atoms with Crippen LogP contribution in [0.15, 0.2) is 86.4 Å². The van der Waals surface area contributed by atoms with Crippen LogP contribution in [0.3, 0.4) is 0 Å². The lowest BCUT2D eigenvalue weighted by atomic mass is 10.1. The van der Waals surface area contributed by atoms with Crippen molar-refractivity contribution in [2.45, 2.75) is 13.5 Å². The first-order valence-electron chi connectivity index (χ1n) is 11.2. The van der Waals surface area contributed by atoms with E-state index >= 15 is 0 Å². The SMILES string of the molecule is COC(=O)C1=C(C)N(c2cccc(Br)c2)C(=O)/C1=C/c1ccc(CNC(=O)C(=O)Nc2cccc(Cl)c2)o1. The number of amides is 3. The summed E-state index contributed by atoms with van der Waals surface area (Å²) in [6.45, 7) is 1.57. The molecule has 1 aromatic heterocycles. The molecule has 3 aromatic rings. The summed E-state index contributed by atoms with van der Waals surface area (Å²) in [5.74, 6) is -2.23. The zero-order valence-corrected chi connectivity index (χ0v) is 22.6. The lowest BCUT2D eigenvalue weighted by molar-refractivity contribution is -0.136. The quantitative estimate of drug-likeness (QED) is 0.239. The number of allylic oxidation sites excluding steroid dienone is 1. The van der Waals surface area contributed by atoms with E-state index in [0.29, 0.717) is 27.9 Å². The minimum atomic E-state index is -0.872. The van der Waals surface area contributed by atoms with E-state index in [4.69, 9.17) is 20.8 Å². The maximum Gasteiger partial charge on any atom is 0.340 e. The zero-order valence-electron chi connectivity index (χ0n) is 20.2. The molecule has 0 spiro atoms. The van der Waals surface area contributed by atoms with Gasteiger partial charge in [0.1, 0.15) is 11.5 Å². The van der Waals surface area contributed by atoms with Crippen LogP contribution in [-0.4, -0.2) is 30.8 Å². The molecule has 0 radical (unpaired) electrons. The zero-order chi connectivity index (χ0) is 27.4. The predicted octanol–water partition coefficient (Wildman–Crippen LogP) is 4.83. The van der Waals surface area contributed by atoms with Crippen molar-refractivity contribution in [3.8, 4) is 0 Å². The largest absolute Gasteiger partial charge is 0.465 e. The van der Waals surface area contributed by atoms with E-state index in [9.17, 15) is 19.2 Å². The Bertz CT molecular complexity index is 1510. The Morgan fingerprint density at radius 2 is 1.84 bits per heavy atom. The summed E-state index contributed by atoms with van der Waals surface area (Å²) >= 11 is 9.28. The predicted molar refractivity (Wildman–Crippen MR) is 145 cm³/mol. The third kappa shape index (κ3) is 5.87. The maximum atomic E-state index is 13.4. The highest BCUT2D eigenvalue weighted by Gasteiger charge is 2.38. The molecular weight excluding hydrogens is 578 g/mol. The fourth-order valence-electron chi connectivity index (χ4n) is 3.82. The number of furan rings is 1. The minimum absolute atomic E-state index is 0.0815. The van der Waals surface area contributed by atoms with Crippen molar-refractivity contribution in [1.29, 1.82) is 0 Å². The second-order valence-electron chi connectivity index (χ2n) is 8.08. The standard InChI is InChI=1S/C27H21BrClN3O6/c1-15-23(27(36)37-2)22(26(35)32(15)19-8-3-5-16(28)11-19)13-20-9-10-21(38-20)14-30-24(33)25(34)31-18-7-4-6-17(29)12-18/h3-13H,14H2,1-2H3,(H,30,33)(H,31,34)/b22-13+. The van der Waals surface area contributed by atoms with Crippen LogP contribution >= 0.6 is 27.5 Å². The van der Waals surface area contributed by atoms with E-state index in [1.165, 1.54) is 24.2 Å². The summed E-state index contributed by atoms with van der Waals surface area (Å²) in [6.07, 6.45) is 1.44. The van der Waals surface area contributed by atoms with Gasteiger partial charge < -0.3 is 19.8 Å². The number of hydrogen-bond acceptors (Lipinski definition) is 6. The van der Waals surface area contributed by atoms with Gasteiger partial charge in [0, 0.05) is 20.9 Å².